The first-order valence-corrected chi connectivity index (χ1v) is 7.97. The van der Waals surface area contributed by atoms with Crippen molar-refractivity contribution in [3.63, 3.8) is 0 Å². The van der Waals surface area contributed by atoms with Gasteiger partial charge in [-0.25, -0.2) is 9.59 Å². The van der Waals surface area contributed by atoms with Gasteiger partial charge >= 0.3 is 12.0 Å². The molecular weight excluding hydrogens is 326 g/mol. The summed E-state index contributed by atoms with van der Waals surface area (Å²) in [5.41, 5.74) is -0.246. The summed E-state index contributed by atoms with van der Waals surface area (Å²) in [6, 6.07) is 5.66. The molecule has 1 aromatic rings. The molecule has 1 heterocycles. The summed E-state index contributed by atoms with van der Waals surface area (Å²) in [6.07, 6.45) is 1.78. The summed E-state index contributed by atoms with van der Waals surface area (Å²) in [4.78, 5) is 49.2. The quantitative estimate of drug-likeness (QED) is 0.615. The number of carbonyl (C=O) groups is 4. The predicted octanol–water partition coefficient (Wildman–Crippen LogP) is 1.13. The van der Waals surface area contributed by atoms with Gasteiger partial charge in [-0.05, 0) is 43.9 Å². The van der Waals surface area contributed by atoms with E-state index in [9.17, 15) is 19.2 Å². The molecule has 1 atom stereocenters. The Morgan fingerprint density at radius 2 is 2.08 bits per heavy atom. The summed E-state index contributed by atoms with van der Waals surface area (Å²) >= 11 is 0. The average molecular weight is 345 g/mol. The van der Waals surface area contributed by atoms with Gasteiger partial charge in [0.05, 0.1) is 12.7 Å². The van der Waals surface area contributed by atoms with Crippen LogP contribution in [0, 0.1) is 5.92 Å². The lowest BCUT2D eigenvalue weighted by Gasteiger charge is -2.20. The van der Waals surface area contributed by atoms with E-state index in [-0.39, 0.29) is 23.9 Å². The number of carbonyl (C=O) groups excluding carboxylic acids is 4. The van der Waals surface area contributed by atoms with Gasteiger partial charge in [-0.3, -0.25) is 14.5 Å². The van der Waals surface area contributed by atoms with Crippen molar-refractivity contribution < 1.29 is 23.9 Å². The molecule has 0 spiro atoms. The molecule has 2 fully saturated rings. The van der Waals surface area contributed by atoms with Crippen molar-refractivity contribution in [1.29, 1.82) is 0 Å². The number of rotatable bonds is 5. The lowest BCUT2D eigenvalue weighted by atomic mass is 9.96. The molecule has 2 aliphatic rings. The second kappa shape index (κ2) is 6.19. The number of hydrogen-bond donors (Lipinski definition) is 2. The topological polar surface area (TPSA) is 105 Å². The van der Waals surface area contributed by atoms with E-state index in [1.807, 2.05) is 0 Å². The van der Waals surface area contributed by atoms with Gasteiger partial charge in [-0.1, -0.05) is 6.07 Å². The maximum absolute atomic E-state index is 12.5. The summed E-state index contributed by atoms with van der Waals surface area (Å²) < 4.78 is 4.63. The minimum absolute atomic E-state index is 0.133. The van der Waals surface area contributed by atoms with Crippen molar-refractivity contribution in [2.45, 2.75) is 25.3 Å². The maximum atomic E-state index is 12.5. The number of esters is 1. The van der Waals surface area contributed by atoms with Crippen LogP contribution in [-0.2, 0) is 14.3 Å². The van der Waals surface area contributed by atoms with Crippen LogP contribution in [0.5, 0.6) is 0 Å². The molecule has 25 heavy (non-hydrogen) atoms. The molecule has 2 N–H and O–H groups in total. The number of ether oxygens (including phenoxy) is 1. The fraction of sp³-hybridized carbons (Fsp3) is 0.412. The second-order valence-corrected chi connectivity index (χ2v) is 6.42. The minimum Gasteiger partial charge on any atom is -0.465 e. The summed E-state index contributed by atoms with van der Waals surface area (Å²) in [5.74, 6) is -1.29. The Morgan fingerprint density at radius 1 is 1.36 bits per heavy atom. The van der Waals surface area contributed by atoms with Gasteiger partial charge in [0.1, 0.15) is 12.1 Å². The van der Waals surface area contributed by atoms with Crippen LogP contribution in [0.15, 0.2) is 24.3 Å². The second-order valence-electron chi connectivity index (χ2n) is 6.42. The average Bonchev–Trinajstić information content (AvgIpc) is 3.40. The predicted molar refractivity (Wildman–Crippen MR) is 87.8 cm³/mol. The zero-order valence-corrected chi connectivity index (χ0v) is 14.0. The lowest BCUT2D eigenvalue weighted by Crippen LogP contribution is -2.46. The fourth-order valence-corrected chi connectivity index (χ4v) is 2.98. The number of hydrogen-bond acceptors (Lipinski definition) is 5. The van der Waals surface area contributed by atoms with Gasteiger partial charge in [-0.2, -0.15) is 0 Å². The van der Waals surface area contributed by atoms with Crippen molar-refractivity contribution >= 4 is 29.5 Å². The van der Waals surface area contributed by atoms with Crippen LogP contribution < -0.4 is 10.6 Å². The number of nitrogens with one attached hydrogen (secondary N) is 2. The van der Waals surface area contributed by atoms with Gasteiger partial charge < -0.3 is 15.4 Å². The molecule has 132 valence electrons. The SMILES string of the molecule is COC(=O)c1cccc(NC(=O)CN2C(=O)N[C@](C)(C3CC3)C2=O)c1. The third-order valence-electron chi connectivity index (χ3n) is 4.56. The van der Waals surface area contributed by atoms with Gasteiger partial charge in [0.15, 0.2) is 0 Å². The Labute approximate surface area is 144 Å². The highest BCUT2D eigenvalue weighted by molar-refractivity contribution is 6.10. The molecule has 1 saturated heterocycles. The minimum atomic E-state index is -0.915. The molecule has 8 nitrogen and oxygen atoms in total. The number of methoxy groups -OCH3 is 1. The van der Waals surface area contributed by atoms with Crippen LogP contribution in [-0.4, -0.2) is 47.9 Å². The molecule has 1 saturated carbocycles. The number of imide groups is 1. The highest BCUT2D eigenvalue weighted by Crippen LogP contribution is 2.42. The molecule has 1 aliphatic heterocycles. The number of amides is 4. The Bertz CT molecular complexity index is 758. The molecule has 0 aromatic heterocycles. The van der Waals surface area contributed by atoms with Gasteiger partial charge in [0.2, 0.25) is 5.91 Å². The number of anilines is 1. The monoisotopic (exact) mass is 345 g/mol. The zero-order chi connectivity index (χ0) is 18.2. The highest BCUT2D eigenvalue weighted by atomic mass is 16.5. The van der Waals surface area contributed by atoms with E-state index >= 15 is 0 Å². The molecular formula is C17H19N3O5. The number of urea groups is 1. The lowest BCUT2D eigenvalue weighted by molar-refractivity contribution is -0.134. The van der Waals surface area contributed by atoms with Crippen LogP contribution in [0.1, 0.15) is 30.1 Å². The van der Waals surface area contributed by atoms with E-state index in [2.05, 4.69) is 15.4 Å². The van der Waals surface area contributed by atoms with E-state index in [1.165, 1.54) is 13.2 Å². The normalized spacial score (nSPS) is 22.6. The van der Waals surface area contributed by atoms with E-state index in [1.54, 1.807) is 25.1 Å². The van der Waals surface area contributed by atoms with Crippen LogP contribution in [0.2, 0.25) is 0 Å². The molecule has 1 aliphatic carbocycles. The van der Waals surface area contributed by atoms with Gasteiger partial charge in [-0.15, -0.1) is 0 Å². The summed E-state index contributed by atoms with van der Waals surface area (Å²) in [5, 5.41) is 5.27. The first-order valence-electron chi connectivity index (χ1n) is 7.97. The molecule has 3 rings (SSSR count). The zero-order valence-electron chi connectivity index (χ0n) is 14.0. The largest absolute Gasteiger partial charge is 0.465 e. The van der Waals surface area contributed by atoms with E-state index in [0.717, 1.165) is 17.7 Å². The summed E-state index contributed by atoms with van der Waals surface area (Å²) in [6.45, 7) is 1.32. The fourth-order valence-electron chi connectivity index (χ4n) is 2.98. The van der Waals surface area contributed by atoms with Crippen molar-refractivity contribution in [3.8, 4) is 0 Å². The van der Waals surface area contributed by atoms with Gasteiger partial charge in [0.25, 0.3) is 5.91 Å². The van der Waals surface area contributed by atoms with Crippen molar-refractivity contribution in [2.24, 2.45) is 5.92 Å². The van der Waals surface area contributed by atoms with Crippen molar-refractivity contribution in [1.82, 2.24) is 10.2 Å². The van der Waals surface area contributed by atoms with Crippen LogP contribution >= 0.6 is 0 Å². The third-order valence-corrected chi connectivity index (χ3v) is 4.56. The highest BCUT2D eigenvalue weighted by Gasteiger charge is 2.56. The van der Waals surface area contributed by atoms with Crippen LogP contribution in [0.4, 0.5) is 10.5 Å². The molecule has 1 aromatic carbocycles. The van der Waals surface area contributed by atoms with Crippen LogP contribution in [0.3, 0.4) is 0 Å². The Kier molecular flexibility index (Phi) is 4.20. The molecule has 0 radical (unpaired) electrons. The molecule has 0 unspecified atom stereocenters. The first-order chi connectivity index (χ1) is 11.8. The Morgan fingerprint density at radius 3 is 2.72 bits per heavy atom. The smallest absolute Gasteiger partial charge is 0.337 e. The summed E-state index contributed by atoms with van der Waals surface area (Å²) in [7, 11) is 1.27. The van der Waals surface area contributed by atoms with E-state index in [4.69, 9.17) is 0 Å². The molecule has 4 amide bonds. The number of nitrogens with zero attached hydrogens (tertiary/aromatic N) is 1. The molecule has 0 bridgehead atoms. The third kappa shape index (κ3) is 3.19. The first kappa shape index (κ1) is 16.9. The Hall–Kier alpha value is -2.90. The Balaban J connectivity index is 1.66. The van der Waals surface area contributed by atoms with E-state index in [0.29, 0.717) is 5.69 Å². The standard InChI is InChI=1S/C17H19N3O5/c1-17(11-6-7-11)15(23)20(16(24)19-17)9-13(21)18-12-5-3-4-10(8-12)14(22)25-2/h3-5,8,11H,6-7,9H2,1-2H3,(H,18,21)(H,19,24)/t17-/m1/s1. The van der Waals surface area contributed by atoms with Gasteiger partial charge in [0, 0.05) is 5.69 Å². The molecule has 8 heteroatoms. The van der Waals surface area contributed by atoms with Crippen molar-refractivity contribution in [2.75, 3.05) is 19.0 Å². The van der Waals surface area contributed by atoms with E-state index < -0.39 is 23.4 Å². The number of benzene rings is 1. The van der Waals surface area contributed by atoms with Crippen molar-refractivity contribution in [3.05, 3.63) is 29.8 Å². The maximum Gasteiger partial charge on any atom is 0.337 e. The van der Waals surface area contributed by atoms with Crippen LogP contribution in [0.25, 0.3) is 0 Å².